The summed E-state index contributed by atoms with van der Waals surface area (Å²) in [6, 6.07) is 19.4. The van der Waals surface area contributed by atoms with Gasteiger partial charge < -0.3 is 4.57 Å². The Morgan fingerprint density at radius 2 is 1.83 bits per heavy atom. The number of aryl methyl sites for hydroxylation is 1. The quantitative estimate of drug-likeness (QED) is 0.517. The van der Waals surface area contributed by atoms with E-state index in [4.69, 9.17) is 0 Å². The van der Waals surface area contributed by atoms with Gasteiger partial charge in [-0.3, -0.25) is 4.98 Å². The molecule has 0 fully saturated rings. The summed E-state index contributed by atoms with van der Waals surface area (Å²) in [6.45, 7) is 3.00. The fourth-order valence-corrected chi connectivity index (χ4v) is 3.01. The SMILES string of the molecule is Cc1ccncc1-c1ccn(Cc2ccc3ccccc3c2)c1. The minimum absolute atomic E-state index is 0.879. The van der Waals surface area contributed by atoms with Crippen molar-refractivity contribution in [3.8, 4) is 11.1 Å². The molecule has 0 unspecified atom stereocenters. The third-order valence-electron chi connectivity index (χ3n) is 4.28. The van der Waals surface area contributed by atoms with Crippen LogP contribution >= 0.6 is 0 Å². The monoisotopic (exact) mass is 298 g/mol. The smallest absolute Gasteiger partial charge is 0.0470 e. The van der Waals surface area contributed by atoms with Crippen LogP contribution in [0.2, 0.25) is 0 Å². The third kappa shape index (κ3) is 2.76. The summed E-state index contributed by atoms with van der Waals surface area (Å²) in [4.78, 5) is 4.24. The van der Waals surface area contributed by atoms with Crippen LogP contribution in [0.5, 0.6) is 0 Å². The van der Waals surface area contributed by atoms with E-state index in [-0.39, 0.29) is 0 Å². The minimum Gasteiger partial charge on any atom is -0.349 e. The summed E-state index contributed by atoms with van der Waals surface area (Å²) in [5, 5.41) is 2.58. The molecule has 0 atom stereocenters. The average Bonchev–Trinajstić information content (AvgIpc) is 3.03. The highest BCUT2D eigenvalue weighted by Crippen LogP contribution is 2.23. The Morgan fingerprint density at radius 3 is 2.70 bits per heavy atom. The normalized spacial score (nSPS) is 11.0. The fraction of sp³-hybridized carbons (Fsp3) is 0.0952. The highest BCUT2D eigenvalue weighted by molar-refractivity contribution is 5.83. The number of hydrogen-bond acceptors (Lipinski definition) is 1. The van der Waals surface area contributed by atoms with E-state index in [9.17, 15) is 0 Å². The molecule has 0 aliphatic carbocycles. The standard InChI is InChI=1S/C21H18N2/c1-16-8-10-22-13-21(16)20-9-11-23(15-20)14-17-6-7-18-4-2-3-5-19(18)12-17/h2-13,15H,14H2,1H3. The zero-order valence-electron chi connectivity index (χ0n) is 13.1. The molecule has 0 radical (unpaired) electrons. The van der Waals surface area contributed by atoms with Gasteiger partial charge in [-0.15, -0.1) is 0 Å². The number of aromatic nitrogens is 2. The Morgan fingerprint density at radius 1 is 0.957 bits per heavy atom. The van der Waals surface area contributed by atoms with E-state index < -0.39 is 0 Å². The van der Waals surface area contributed by atoms with Gasteiger partial charge in [-0.1, -0.05) is 36.4 Å². The molecule has 4 aromatic rings. The summed E-state index contributed by atoms with van der Waals surface area (Å²) in [5.74, 6) is 0. The topological polar surface area (TPSA) is 17.8 Å². The highest BCUT2D eigenvalue weighted by Gasteiger charge is 2.04. The van der Waals surface area contributed by atoms with E-state index in [1.54, 1.807) is 0 Å². The molecule has 2 aromatic carbocycles. The van der Waals surface area contributed by atoms with Gasteiger partial charge in [-0.25, -0.2) is 0 Å². The van der Waals surface area contributed by atoms with Crippen LogP contribution in [-0.2, 0) is 6.54 Å². The van der Waals surface area contributed by atoms with Crippen LogP contribution in [0.3, 0.4) is 0 Å². The lowest BCUT2D eigenvalue weighted by Crippen LogP contribution is -1.96. The zero-order valence-corrected chi connectivity index (χ0v) is 13.1. The van der Waals surface area contributed by atoms with E-state index in [1.807, 2.05) is 12.4 Å². The van der Waals surface area contributed by atoms with Gasteiger partial charge >= 0.3 is 0 Å². The van der Waals surface area contributed by atoms with Crippen LogP contribution in [0.15, 0.2) is 79.4 Å². The van der Waals surface area contributed by atoms with Crippen molar-refractivity contribution >= 4 is 10.8 Å². The third-order valence-corrected chi connectivity index (χ3v) is 4.28. The first-order chi connectivity index (χ1) is 11.3. The van der Waals surface area contributed by atoms with Gasteiger partial charge in [-0.05, 0) is 47.0 Å². The Bertz CT molecular complexity index is 966. The van der Waals surface area contributed by atoms with Gasteiger partial charge in [0.15, 0.2) is 0 Å². The van der Waals surface area contributed by atoms with E-state index in [0.29, 0.717) is 0 Å². The summed E-state index contributed by atoms with van der Waals surface area (Å²) in [6.07, 6.45) is 8.10. The lowest BCUT2D eigenvalue weighted by Gasteiger charge is -2.06. The number of nitrogens with zero attached hydrogens (tertiary/aromatic N) is 2. The lowest BCUT2D eigenvalue weighted by atomic mass is 10.1. The molecule has 4 rings (SSSR count). The molecule has 0 N–H and O–H groups in total. The number of pyridine rings is 1. The maximum atomic E-state index is 4.24. The second-order valence-corrected chi connectivity index (χ2v) is 5.94. The number of fused-ring (bicyclic) bond motifs is 1. The van der Waals surface area contributed by atoms with E-state index in [0.717, 1.165) is 6.54 Å². The molecular formula is C21H18N2. The average molecular weight is 298 g/mol. The molecule has 2 nitrogen and oxygen atoms in total. The van der Waals surface area contributed by atoms with Gasteiger partial charge in [0.25, 0.3) is 0 Å². The largest absolute Gasteiger partial charge is 0.349 e. The molecule has 2 heteroatoms. The van der Waals surface area contributed by atoms with Crippen LogP contribution in [-0.4, -0.2) is 9.55 Å². The molecule has 0 saturated heterocycles. The van der Waals surface area contributed by atoms with Crippen molar-refractivity contribution in [2.24, 2.45) is 0 Å². The first-order valence-electron chi connectivity index (χ1n) is 7.84. The van der Waals surface area contributed by atoms with Gasteiger partial charge in [0.05, 0.1) is 0 Å². The van der Waals surface area contributed by atoms with Crippen LogP contribution in [0.25, 0.3) is 21.9 Å². The molecule has 0 aliphatic rings. The molecule has 0 bridgehead atoms. The predicted octanol–water partition coefficient (Wildman–Crippen LogP) is 5.06. The molecule has 0 aliphatic heterocycles. The van der Waals surface area contributed by atoms with Crippen molar-refractivity contribution in [1.29, 1.82) is 0 Å². The summed E-state index contributed by atoms with van der Waals surface area (Å²) >= 11 is 0. The molecule has 2 aromatic heterocycles. The maximum Gasteiger partial charge on any atom is 0.0470 e. The molecule has 0 amide bonds. The van der Waals surface area contributed by atoms with Gasteiger partial charge in [0.2, 0.25) is 0 Å². The maximum absolute atomic E-state index is 4.24. The van der Waals surface area contributed by atoms with Crippen molar-refractivity contribution in [1.82, 2.24) is 9.55 Å². The van der Waals surface area contributed by atoms with E-state index >= 15 is 0 Å². The molecule has 112 valence electrons. The molecule has 0 saturated carbocycles. The van der Waals surface area contributed by atoms with Crippen LogP contribution in [0, 0.1) is 6.92 Å². The van der Waals surface area contributed by atoms with Crippen LogP contribution < -0.4 is 0 Å². The van der Waals surface area contributed by atoms with Crippen LogP contribution in [0.4, 0.5) is 0 Å². The summed E-state index contributed by atoms with van der Waals surface area (Å²) < 4.78 is 2.23. The Labute approximate surface area is 136 Å². The van der Waals surface area contributed by atoms with Crippen molar-refractivity contribution in [3.63, 3.8) is 0 Å². The first kappa shape index (κ1) is 13.8. The summed E-state index contributed by atoms with van der Waals surface area (Å²) in [7, 11) is 0. The molecule has 0 spiro atoms. The fourth-order valence-electron chi connectivity index (χ4n) is 3.01. The van der Waals surface area contributed by atoms with Crippen LogP contribution in [0.1, 0.15) is 11.1 Å². The second-order valence-electron chi connectivity index (χ2n) is 5.94. The van der Waals surface area contributed by atoms with Crippen molar-refractivity contribution in [2.75, 3.05) is 0 Å². The van der Waals surface area contributed by atoms with Crippen molar-refractivity contribution < 1.29 is 0 Å². The Balaban J connectivity index is 1.63. The van der Waals surface area contributed by atoms with Crippen molar-refractivity contribution in [2.45, 2.75) is 13.5 Å². The Hall–Kier alpha value is -2.87. The second kappa shape index (κ2) is 5.73. The van der Waals surface area contributed by atoms with E-state index in [1.165, 1.54) is 33.0 Å². The van der Waals surface area contributed by atoms with Crippen molar-refractivity contribution in [3.05, 3.63) is 90.5 Å². The lowest BCUT2D eigenvalue weighted by molar-refractivity contribution is 0.808. The molecule has 2 heterocycles. The predicted molar refractivity (Wildman–Crippen MR) is 95.5 cm³/mol. The van der Waals surface area contributed by atoms with E-state index in [2.05, 4.69) is 83.5 Å². The minimum atomic E-state index is 0.879. The zero-order chi connectivity index (χ0) is 15.6. The summed E-state index contributed by atoms with van der Waals surface area (Å²) in [5.41, 5.74) is 4.98. The van der Waals surface area contributed by atoms with Gasteiger partial charge in [0, 0.05) is 42.5 Å². The molecular weight excluding hydrogens is 280 g/mol. The number of hydrogen-bond donors (Lipinski definition) is 0. The van der Waals surface area contributed by atoms with Gasteiger partial charge in [0.1, 0.15) is 0 Å². The molecule has 23 heavy (non-hydrogen) atoms. The Kier molecular flexibility index (Phi) is 3.43. The number of benzene rings is 2. The highest BCUT2D eigenvalue weighted by atomic mass is 14.9. The number of rotatable bonds is 3. The van der Waals surface area contributed by atoms with Gasteiger partial charge in [-0.2, -0.15) is 0 Å². The first-order valence-corrected chi connectivity index (χ1v) is 7.84.